The number of benzene rings is 4. The Morgan fingerprint density at radius 1 is 0.725 bits per heavy atom. The lowest BCUT2D eigenvalue weighted by Crippen LogP contribution is -2.49. The monoisotopic (exact) mass is 933 g/mol. The Morgan fingerprint density at radius 3 is 1.81 bits per heavy atom. The minimum Gasteiger partial charge on any atom is -0.497 e. The van der Waals surface area contributed by atoms with Gasteiger partial charge in [0.05, 0.1) is 33.7 Å². The molecule has 0 radical (unpaired) electrons. The van der Waals surface area contributed by atoms with E-state index in [0.29, 0.717) is 31.9 Å². The molecule has 0 aromatic heterocycles. The normalized spacial score (nSPS) is 22.5. The molecule has 0 spiro atoms. The molecule has 4 aliphatic heterocycles. The third kappa shape index (κ3) is 8.72. The van der Waals surface area contributed by atoms with Crippen molar-refractivity contribution in [1.29, 1.82) is 0 Å². The molecule has 1 saturated heterocycles. The van der Waals surface area contributed by atoms with Crippen molar-refractivity contribution in [1.82, 2.24) is 4.90 Å². The summed E-state index contributed by atoms with van der Waals surface area (Å²) in [5.41, 5.74) is 19.0. The number of nitrogens with one attached hydrogen (secondary N) is 2. The van der Waals surface area contributed by atoms with Crippen molar-refractivity contribution in [2.24, 2.45) is 0 Å². The number of nitrogens with two attached hydrogens (primary N) is 1. The molecule has 9 rings (SSSR count). The zero-order chi connectivity index (χ0) is 48.8. The summed E-state index contributed by atoms with van der Waals surface area (Å²) in [5.74, 6) is 1.31. The van der Waals surface area contributed by atoms with Crippen LogP contribution in [0.2, 0.25) is 0 Å². The van der Waals surface area contributed by atoms with Gasteiger partial charge in [-0.3, -0.25) is 9.59 Å². The number of carbonyl (C=O) groups is 2. The number of nitrogens with zero attached hydrogens (tertiary/aromatic N) is 4. The van der Waals surface area contributed by atoms with Crippen LogP contribution in [-0.2, 0) is 25.2 Å². The van der Waals surface area contributed by atoms with Crippen LogP contribution in [0.1, 0.15) is 91.7 Å². The number of amides is 1. The summed E-state index contributed by atoms with van der Waals surface area (Å²) in [7, 11) is 3.46. The van der Waals surface area contributed by atoms with Crippen molar-refractivity contribution < 1.29 is 28.4 Å². The van der Waals surface area contributed by atoms with Crippen LogP contribution < -0.4 is 35.6 Å². The van der Waals surface area contributed by atoms with Crippen LogP contribution in [0.3, 0.4) is 0 Å². The molecule has 4 aromatic rings. The second kappa shape index (κ2) is 18.7. The lowest BCUT2D eigenvalue weighted by molar-refractivity contribution is -0.537. The molecule has 4 heterocycles. The highest BCUT2D eigenvalue weighted by atomic mass is 16.5. The highest BCUT2D eigenvalue weighted by Gasteiger charge is 2.42. The number of rotatable bonds is 11. The van der Waals surface area contributed by atoms with Crippen LogP contribution in [0.5, 0.6) is 11.5 Å². The van der Waals surface area contributed by atoms with Crippen LogP contribution in [-0.4, -0.2) is 92.8 Å². The standard InChI is InChI=1S/C57H70N7O5/c1-10-63-47-24-20-39(67-8)34-42(47)55(3,4)49(63)26-18-37-14-12-15-38(19-27-50-56(5,6)43-35-40(68-9)21-25-48(43)64(50)11-2)54(37)62-32-30-61(31-33-62)51(65)28-29-52(66)69-36-57(7)59-45-17-13-16-41-44(58)22-23-46(60-57)53(41)45/h13,16-27,34-35,59-60H,10-12,14-15,28-33,36,58H2,1-9H3/q+1. The average Bonchev–Trinajstić information content (AvgIpc) is 3.71. The van der Waals surface area contributed by atoms with E-state index >= 15 is 0 Å². The zero-order valence-electron chi connectivity index (χ0n) is 42.1. The topological polar surface area (TPSA) is 125 Å². The number of allylic oxidation sites excluding steroid dienone is 8. The van der Waals surface area contributed by atoms with Crippen molar-refractivity contribution >= 4 is 56.8 Å². The number of nitrogen functional groups attached to an aromatic ring is 1. The van der Waals surface area contributed by atoms with Gasteiger partial charge in [-0.1, -0.05) is 52.0 Å². The minimum atomic E-state index is -0.735. The van der Waals surface area contributed by atoms with Gasteiger partial charge in [0.25, 0.3) is 0 Å². The number of hydrogen-bond donors (Lipinski definition) is 3. The number of likely N-dealkylation sites (N-methyl/N-ethyl adjacent to an activating group) is 2. The van der Waals surface area contributed by atoms with Gasteiger partial charge in [0.1, 0.15) is 23.8 Å². The van der Waals surface area contributed by atoms with E-state index in [1.54, 1.807) is 14.2 Å². The number of ether oxygens (including phenoxy) is 3. The van der Waals surface area contributed by atoms with Crippen molar-refractivity contribution in [3.63, 3.8) is 0 Å². The molecule has 1 amide bonds. The molecule has 5 aliphatic rings. The third-order valence-corrected chi connectivity index (χ3v) is 15.1. The highest BCUT2D eigenvalue weighted by Crippen LogP contribution is 2.50. The molecule has 0 bridgehead atoms. The van der Waals surface area contributed by atoms with E-state index in [1.807, 2.05) is 42.2 Å². The number of anilines is 5. The van der Waals surface area contributed by atoms with Gasteiger partial charge in [-0.15, -0.1) is 0 Å². The zero-order valence-corrected chi connectivity index (χ0v) is 42.1. The maximum atomic E-state index is 13.8. The Bertz CT molecular complexity index is 2740. The smallest absolute Gasteiger partial charge is 0.306 e. The van der Waals surface area contributed by atoms with Gasteiger partial charge in [-0.05, 0) is 118 Å². The summed E-state index contributed by atoms with van der Waals surface area (Å²) >= 11 is 0. The highest BCUT2D eigenvalue weighted by molar-refractivity contribution is 6.11. The largest absolute Gasteiger partial charge is 0.497 e. The molecule has 1 saturated carbocycles. The molecule has 12 nitrogen and oxygen atoms in total. The Hall–Kier alpha value is -6.69. The molecule has 2 fully saturated rings. The fraction of sp³-hybridized carbons (Fsp3) is 0.421. The summed E-state index contributed by atoms with van der Waals surface area (Å²) in [6.07, 6.45) is 12.5. The summed E-state index contributed by atoms with van der Waals surface area (Å²) in [5, 5.41) is 8.97. The number of piperazine rings is 1. The van der Waals surface area contributed by atoms with Gasteiger partial charge >= 0.3 is 5.97 Å². The molecule has 4 aromatic carbocycles. The van der Waals surface area contributed by atoms with E-state index < -0.39 is 11.6 Å². The number of carbonyl (C=O) groups excluding carboxylic acids is 2. The predicted molar refractivity (Wildman–Crippen MR) is 280 cm³/mol. The molecular weight excluding hydrogens is 863 g/mol. The number of methoxy groups -OCH3 is 2. The minimum absolute atomic E-state index is 0.0157. The van der Waals surface area contributed by atoms with Crippen molar-refractivity contribution in [3.8, 4) is 11.5 Å². The first-order valence-electron chi connectivity index (χ1n) is 24.8. The van der Waals surface area contributed by atoms with E-state index in [0.717, 1.165) is 66.0 Å². The second-order valence-electron chi connectivity index (χ2n) is 20.2. The molecule has 12 heteroatoms. The molecule has 1 atom stereocenters. The second-order valence-corrected chi connectivity index (χ2v) is 20.2. The van der Waals surface area contributed by atoms with Crippen molar-refractivity contribution in [3.05, 3.63) is 125 Å². The maximum Gasteiger partial charge on any atom is 0.306 e. The van der Waals surface area contributed by atoms with E-state index in [4.69, 9.17) is 19.9 Å². The van der Waals surface area contributed by atoms with Gasteiger partial charge < -0.3 is 45.3 Å². The first kappa shape index (κ1) is 47.4. The predicted octanol–water partition coefficient (Wildman–Crippen LogP) is 10.1. The van der Waals surface area contributed by atoms with Gasteiger partial charge in [-0.2, -0.15) is 0 Å². The Labute approximate surface area is 408 Å². The lowest BCUT2D eigenvalue weighted by Gasteiger charge is -2.38. The Morgan fingerprint density at radius 2 is 1.28 bits per heavy atom. The summed E-state index contributed by atoms with van der Waals surface area (Å²) < 4.78 is 19.6. The molecule has 4 N–H and O–H groups in total. The van der Waals surface area contributed by atoms with Crippen molar-refractivity contribution in [2.75, 3.05) is 86.3 Å². The number of hydrogen-bond acceptors (Lipinski definition) is 10. The molecule has 362 valence electrons. The lowest BCUT2D eigenvalue weighted by atomic mass is 9.82. The van der Waals surface area contributed by atoms with E-state index in [9.17, 15) is 9.59 Å². The maximum absolute atomic E-state index is 13.8. The molecular formula is C57H70N7O5+. The Balaban J connectivity index is 0.946. The first-order chi connectivity index (χ1) is 33.1. The van der Waals surface area contributed by atoms with Gasteiger partial charge in [0.2, 0.25) is 11.6 Å². The average molecular weight is 933 g/mol. The number of esters is 1. The summed E-state index contributed by atoms with van der Waals surface area (Å²) in [6, 6.07) is 22.7. The third-order valence-electron chi connectivity index (χ3n) is 15.1. The fourth-order valence-corrected chi connectivity index (χ4v) is 11.4. The first-order valence-corrected chi connectivity index (χ1v) is 24.8. The van der Waals surface area contributed by atoms with Crippen LogP contribution in [0.15, 0.2) is 114 Å². The van der Waals surface area contributed by atoms with Gasteiger partial charge in [-0.25, -0.2) is 4.58 Å². The molecule has 1 unspecified atom stereocenters. The van der Waals surface area contributed by atoms with E-state index in [-0.39, 0.29) is 36.2 Å². The van der Waals surface area contributed by atoms with Crippen LogP contribution >= 0.6 is 0 Å². The molecule has 1 aliphatic carbocycles. The van der Waals surface area contributed by atoms with E-state index in [2.05, 4.69) is 127 Å². The SMILES string of the molecule is CCN1/C(=C/C=C2\CCC/C(=C\C=C3\N(CC)c4ccc(OC)cc4C3(C)C)C2=[N+]2CCN(C(=O)CCC(=O)OCC3(C)Nc4cccc5c(N)ccc(c45)N3)CC2)C(C)(C)c2cc(OC)ccc21. The van der Waals surface area contributed by atoms with Gasteiger partial charge in [0, 0.05) is 92.1 Å². The van der Waals surface area contributed by atoms with Crippen molar-refractivity contribution in [2.45, 2.75) is 97.1 Å². The fourth-order valence-electron chi connectivity index (χ4n) is 11.4. The van der Waals surface area contributed by atoms with Gasteiger partial charge in [0.15, 0.2) is 13.1 Å². The Kier molecular flexibility index (Phi) is 12.8. The van der Waals surface area contributed by atoms with E-state index in [1.165, 1.54) is 50.8 Å². The summed E-state index contributed by atoms with van der Waals surface area (Å²) in [6.45, 7) is 20.0. The number of fused-ring (bicyclic) bond motifs is 2. The van der Waals surface area contributed by atoms with Crippen LogP contribution in [0, 0.1) is 0 Å². The van der Waals surface area contributed by atoms with Crippen LogP contribution in [0.25, 0.3) is 10.8 Å². The summed E-state index contributed by atoms with van der Waals surface area (Å²) in [4.78, 5) is 33.7. The van der Waals surface area contributed by atoms with Crippen LogP contribution in [0.4, 0.5) is 28.4 Å². The quantitative estimate of drug-likeness (QED) is 0.0761. The molecule has 69 heavy (non-hydrogen) atoms.